The van der Waals surface area contributed by atoms with Crippen LogP contribution in [0.5, 0.6) is 0 Å². The minimum atomic E-state index is -1.23. The first-order chi connectivity index (χ1) is 9.43. The number of hydrogen-bond acceptors (Lipinski definition) is 5. The Morgan fingerprint density at radius 2 is 1.55 bits per heavy atom. The van der Waals surface area contributed by atoms with Crippen LogP contribution in [0.1, 0.15) is 27.1 Å². The van der Waals surface area contributed by atoms with E-state index in [0.717, 1.165) is 0 Å². The van der Waals surface area contributed by atoms with Crippen molar-refractivity contribution in [3.63, 3.8) is 0 Å². The minimum absolute atomic E-state index is 0.190. The lowest BCUT2D eigenvalue weighted by Gasteiger charge is -2.08. The van der Waals surface area contributed by atoms with Gasteiger partial charge in [-0.1, -0.05) is 12.1 Å². The van der Waals surface area contributed by atoms with Crippen molar-refractivity contribution in [1.82, 2.24) is 5.48 Å². The fourth-order valence-electron chi connectivity index (χ4n) is 1.29. The molecule has 0 saturated carbocycles. The molecular weight excluding hydrogens is 270 g/mol. The highest BCUT2D eigenvalue weighted by Gasteiger charge is 2.17. The zero-order valence-corrected chi connectivity index (χ0v) is 10.2. The molecule has 106 valence electrons. The van der Waals surface area contributed by atoms with Crippen molar-refractivity contribution in [2.45, 2.75) is 6.42 Å². The Labute approximate surface area is 112 Å². The van der Waals surface area contributed by atoms with E-state index in [-0.39, 0.29) is 17.5 Å². The van der Waals surface area contributed by atoms with Crippen molar-refractivity contribution in [2.24, 2.45) is 0 Å². The molecule has 1 amide bonds. The summed E-state index contributed by atoms with van der Waals surface area (Å²) in [5.41, 5.74) is 1.56. The van der Waals surface area contributed by atoms with Crippen molar-refractivity contribution < 1.29 is 34.2 Å². The molecule has 1 fully saturated rings. The second kappa shape index (κ2) is 7.00. The van der Waals surface area contributed by atoms with E-state index in [1.165, 1.54) is 24.3 Å². The summed E-state index contributed by atoms with van der Waals surface area (Å²) in [6.45, 7) is 0.296. The van der Waals surface area contributed by atoms with Gasteiger partial charge >= 0.3 is 17.8 Å². The van der Waals surface area contributed by atoms with Crippen LogP contribution in [0.2, 0.25) is 0 Å². The van der Waals surface area contributed by atoms with Crippen LogP contribution >= 0.6 is 0 Å². The number of benzene rings is 1. The predicted molar refractivity (Wildman–Crippen MR) is 64.1 cm³/mol. The summed E-state index contributed by atoms with van der Waals surface area (Å²) in [5, 5.41) is 17.1. The topological polar surface area (TPSA) is 130 Å². The van der Waals surface area contributed by atoms with Gasteiger partial charge in [-0.05, 0) is 12.1 Å². The second-order valence-corrected chi connectivity index (χ2v) is 3.61. The van der Waals surface area contributed by atoms with Gasteiger partial charge in [0.25, 0.3) is 0 Å². The number of ketones is 1. The molecule has 1 aromatic carbocycles. The number of Topliss-reactive ketones (excluding diaryl/α,β-unsaturated/α-hetero) is 1. The molecule has 1 aromatic rings. The maximum Gasteiger partial charge on any atom is 0.336 e. The summed E-state index contributed by atoms with van der Waals surface area (Å²) < 4.78 is 0. The van der Waals surface area contributed by atoms with Crippen LogP contribution in [0, 0.1) is 0 Å². The molecule has 2 rings (SSSR count). The highest BCUT2D eigenvalue weighted by Crippen LogP contribution is 2.07. The molecule has 0 atom stereocenters. The first kappa shape index (κ1) is 15.3. The van der Waals surface area contributed by atoms with E-state index in [0.29, 0.717) is 6.61 Å². The average Bonchev–Trinajstić information content (AvgIpc) is 2.43. The molecule has 0 aromatic heterocycles. The number of hydrogen-bond donors (Lipinski definition) is 3. The third-order valence-electron chi connectivity index (χ3n) is 2.24. The summed E-state index contributed by atoms with van der Waals surface area (Å²) in [7, 11) is 0. The lowest BCUT2D eigenvalue weighted by Crippen LogP contribution is -2.37. The number of carboxylic acids is 2. The monoisotopic (exact) mass is 281 g/mol. The van der Waals surface area contributed by atoms with Gasteiger partial charge in [-0.25, -0.2) is 15.1 Å². The van der Waals surface area contributed by atoms with Crippen LogP contribution < -0.4 is 5.48 Å². The van der Waals surface area contributed by atoms with Gasteiger partial charge in [-0.2, -0.15) is 0 Å². The Balaban J connectivity index is 0.000000217. The highest BCUT2D eigenvalue weighted by molar-refractivity contribution is 6.36. The van der Waals surface area contributed by atoms with Crippen LogP contribution in [0.3, 0.4) is 0 Å². The largest absolute Gasteiger partial charge is 0.478 e. The number of carboxylic acid groups (broad SMARTS) is 2. The summed E-state index contributed by atoms with van der Waals surface area (Å²) in [6.07, 6.45) is 0.200. The zero-order chi connectivity index (χ0) is 15.1. The first-order valence-corrected chi connectivity index (χ1v) is 5.44. The van der Waals surface area contributed by atoms with Gasteiger partial charge in [0.05, 0.1) is 17.7 Å². The Kier molecular flexibility index (Phi) is 5.36. The summed E-state index contributed by atoms with van der Waals surface area (Å²) in [4.78, 5) is 45.9. The van der Waals surface area contributed by atoms with Gasteiger partial charge in [0.15, 0.2) is 0 Å². The van der Waals surface area contributed by atoms with Gasteiger partial charge in [0, 0.05) is 6.42 Å². The van der Waals surface area contributed by atoms with E-state index in [1.807, 2.05) is 5.48 Å². The smallest absolute Gasteiger partial charge is 0.336 e. The Hall–Kier alpha value is -2.74. The van der Waals surface area contributed by atoms with Crippen molar-refractivity contribution in [2.75, 3.05) is 6.61 Å². The second-order valence-electron chi connectivity index (χ2n) is 3.61. The molecule has 20 heavy (non-hydrogen) atoms. The van der Waals surface area contributed by atoms with Gasteiger partial charge < -0.3 is 10.2 Å². The number of carbonyl (C=O) groups is 4. The summed E-state index contributed by atoms with van der Waals surface area (Å²) in [5.74, 6) is -3.51. The molecule has 3 N–H and O–H groups in total. The zero-order valence-electron chi connectivity index (χ0n) is 10.2. The van der Waals surface area contributed by atoms with E-state index in [9.17, 15) is 19.2 Å². The van der Waals surface area contributed by atoms with E-state index in [1.54, 1.807) is 0 Å². The third-order valence-corrected chi connectivity index (χ3v) is 2.24. The van der Waals surface area contributed by atoms with Crippen molar-refractivity contribution in [1.29, 1.82) is 0 Å². The number of aromatic carboxylic acids is 2. The molecule has 1 heterocycles. The first-order valence-electron chi connectivity index (χ1n) is 5.44. The van der Waals surface area contributed by atoms with Gasteiger partial charge in [-0.3, -0.25) is 14.4 Å². The van der Waals surface area contributed by atoms with Crippen molar-refractivity contribution in [3.05, 3.63) is 35.4 Å². The standard InChI is InChI=1S/C8H6O4.C4H5NO3/c9-7(10)5-3-1-2-4-6(5)8(11)12;6-3-1-2-8-5-4(3)7/h1-4H,(H,9,10)(H,11,12);1-2H2,(H,5,7). The summed E-state index contributed by atoms with van der Waals surface area (Å²) >= 11 is 0. The lowest BCUT2D eigenvalue weighted by molar-refractivity contribution is -0.152. The van der Waals surface area contributed by atoms with Crippen molar-refractivity contribution in [3.8, 4) is 0 Å². The molecule has 8 nitrogen and oxygen atoms in total. The lowest BCUT2D eigenvalue weighted by atomic mass is 10.1. The number of hydroxylamine groups is 1. The van der Waals surface area contributed by atoms with E-state index >= 15 is 0 Å². The van der Waals surface area contributed by atoms with E-state index < -0.39 is 23.6 Å². The highest BCUT2D eigenvalue weighted by atomic mass is 16.7. The molecule has 1 aliphatic rings. The average molecular weight is 281 g/mol. The normalized spacial score (nSPS) is 13.8. The Morgan fingerprint density at radius 3 is 1.85 bits per heavy atom. The molecule has 0 radical (unpaired) electrons. The van der Waals surface area contributed by atoms with Crippen LogP contribution in [0.25, 0.3) is 0 Å². The maximum absolute atomic E-state index is 10.5. The molecule has 0 aliphatic carbocycles. The third kappa shape index (κ3) is 4.18. The number of amides is 1. The molecule has 1 aliphatic heterocycles. The number of rotatable bonds is 2. The Bertz CT molecular complexity index is 503. The molecule has 0 unspecified atom stereocenters. The fourth-order valence-corrected chi connectivity index (χ4v) is 1.29. The maximum atomic E-state index is 10.5. The summed E-state index contributed by atoms with van der Waals surface area (Å²) in [6, 6.07) is 5.48. The van der Waals surface area contributed by atoms with Crippen molar-refractivity contribution >= 4 is 23.6 Å². The van der Waals surface area contributed by atoms with Crippen LogP contribution in [0.4, 0.5) is 0 Å². The fraction of sp³-hybridized carbons (Fsp3) is 0.167. The molecule has 8 heteroatoms. The molecule has 0 bridgehead atoms. The van der Waals surface area contributed by atoms with Gasteiger partial charge in [0.2, 0.25) is 5.78 Å². The van der Waals surface area contributed by atoms with Gasteiger partial charge in [-0.15, -0.1) is 0 Å². The van der Waals surface area contributed by atoms with Crippen LogP contribution in [0.15, 0.2) is 24.3 Å². The number of nitrogens with one attached hydrogen (secondary N) is 1. The quantitative estimate of drug-likeness (QED) is 0.655. The Morgan fingerprint density at radius 1 is 1.05 bits per heavy atom. The predicted octanol–water partition coefficient (Wildman–Crippen LogP) is 0.0900. The molecule has 1 saturated heterocycles. The molecular formula is C12H11NO7. The SMILES string of the molecule is O=C(O)c1ccccc1C(=O)O.O=C1CCONC1=O. The number of carbonyl (C=O) groups excluding carboxylic acids is 2. The minimum Gasteiger partial charge on any atom is -0.478 e. The van der Waals surface area contributed by atoms with Gasteiger partial charge in [0.1, 0.15) is 0 Å². The molecule has 0 spiro atoms. The van der Waals surface area contributed by atoms with Crippen LogP contribution in [-0.2, 0) is 14.4 Å². The van der Waals surface area contributed by atoms with E-state index in [2.05, 4.69) is 4.84 Å². The van der Waals surface area contributed by atoms with E-state index in [4.69, 9.17) is 10.2 Å². The van der Waals surface area contributed by atoms with Crippen LogP contribution in [-0.4, -0.2) is 40.4 Å².